The third kappa shape index (κ3) is 3.60. The highest BCUT2D eigenvalue weighted by atomic mass is 35.5. The van der Waals surface area contributed by atoms with Crippen LogP contribution in [0.1, 0.15) is 6.42 Å². The number of urea groups is 1. The van der Waals surface area contributed by atoms with Crippen LogP contribution >= 0.6 is 11.6 Å². The first-order chi connectivity index (χ1) is 9.86. The van der Waals surface area contributed by atoms with Gasteiger partial charge in [0.2, 0.25) is 0 Å². The number of amides is 2. The molecule has 0 bridgehead atoms. The SMILES string of the molecule is O=C(O)CC1CN(C(=O)Nc2ccc(Cl)c([N+](=O)[O-])c2)C1. The molecule has 0 aliphatic carbocycles. The van der Waals surface area contributed by atoms with Gasteiger partial charge in [0.25, 0.3) is 5.69 Å². The van der Waals surface area contributed by atoms with Crippen molar-refractivity contribution in [3.63, 3.8) is 0 Å². The Morgan fingerprint density at radius 2 is 2.14 bits per heavy atom. The Hall–Kier alpha value is -2.35. The van der Waals surface area contributed by atoms with Gasteiger partial charge in [0.15, 0.2) is 0 Å². The number of nitro groups is 1. The Morgan fingerprint density at radius 3 is 2.71 bits per heavy atom. The fraction of sp³-hybridized carbons (Fsp3) is 0.333. The molecular weight excluding hydrogens is 302 g/mol. The average Bonchev–Trinajstić information content (AvgIpc) is 2.34. The third-order valence-corrected chi connectivity index (χ3v) is 3.42. The summed E-state index contributed by atoms with van der Waals surface area (Å²) in [5.41, 5.74) is -0.0281. The molecule has 2 rings (SSSR count). The fourth-order valence-corrected chi connectivity index (χ4v) is 2.23. The van der Waals surface area contributed by atoms with Gasteiger partial charge in [-0.3, -0.25) is 14.9 Å². The van der Waals surface area contributed by atoms with Gasteiger partial charge in [-0.15, -0.1) is 0 Å². The van der Waals surface area contributed by atoms with Crippen molar-refractivity contribution in [3.05, 3.63) is 33.3 Å². The second kappa shape index (κ2) is 5.96. The highest BCUT2D eigenvalue weighted by molar-refractivity contribution is 6.32. The number of carbonyl (C=O) groups is 2. The van der Waals surface area contributed by atoms with E-state index in [1.54, 1.807) is 0 Å². The van der Waals surface area contributed by atoms with Crippen molar-refractivity contribution in [2.45, 2.75) is 6.42 Å². The molecule has 1 aromatic carbocycles. The lowest BCUT2D eigenvalue weighted by Gasteiger charge is -2.38. The van der Waals surface area contributed by atoms with Crippen LogP contribution in [0.3, 0.4) is 0 Å². The quantitative estimate of drug-likeness (QED) is 0.653. The van der Waals surface area contributed by atoms with Gasteiger partial charge in [-0.25, -0.2) is 4.79 Å². The van der Waals surface area contributed by atoms with Gasteiger partial charge in [0, 0.05) is 30.8 Å². The summed E-state index contributed by atoms with van der Waals surface area (Å²) in [6.07, 6.45) is 0.0240. The van der Waals surface area contributed by atoms with E-state index in [0.29, 0.717) is 13.1 Å². The maximum Gasteiger partial charge on any atom is 0.321 e. The van der Waals surface area contributed by atoms with Crippen LogP contribution in [0.5, 0.6) is 0 Å². The van der Waals surface area contributed by atoms with E-state index < -0.39 is 16.9 Å². The first kappa shape index (κ1) is 15.0. The zero-order valence-electron chi connectivity index (χ0n) is 10.8. The first-order valence-corrected chi connectivity index (χ1v) is 6.46. The number of carboxylic acid groups (broad SMARTS) is 1. The first-order valence-electron chi connectivity index (χ1n) is 6.08. The lowest BCUT2D eigenvalue weighted by molar-refractivity contribution is -0.384. The van der Waals surface area contributed by atoms with Gasteiger partial charge in [-0.2, -0.15) is 0 Å². The number of halogens is 1. The van der Waals surface area contributed by atoms with E-state index >= 15 is 0 Å². The maximum atomic E-state index is 11.9. The number of carbonyl (C=O) groups excluding carboxylic acids is 1. The lowest BCUT2D eigenvalue weighted by Crippen LogP contribution is -2.52. The van der Waals surface area contributed by atoms with Crippen LogP contribution in [0.4, 0.5) is 16.2 Å². The number of hydrogen-bond donors (Lipinski definition) is 2. The van der Waals surface area contributed by atoms with Crippen LogP contribution in [0.2, 0.25) is 5.02 Å². The molecule has 0 radical (unpaired) electrons. The van der Waals surface area contributed by atoms with Crippen LogP contribution in [-0.4, -0.2) is 40.0 Å². The van der Waals surface area contributed by atoms with Gasteiger partial charge in [0.05, 0.1) is 11.3 Å². The normalized spacial score (nSPS) is 14.4. The zero-order chi connectivity index (χ0) is 15.6. The number of hydrogen-bond acceptors (Lipinski definition) is 4. The number of carboxylic acids is 1. The Morgan fingerprint density at radius 1 is 1.48 bits per heavy atom. The number of rotatable bonds is 4. The monoisotopic (exact) mass is 313 g/mol. The molecule has 1 heterocycles. The molecule has 0 atom stereocenters. The van der Waals surface area contributed by atoms with Gasteiger partial charge in [-0.1, -0.05) is 11.6 Å². The second-order valence-electron chi connectivity index (χ2n) is 4.72. The number of nitrogens with one attached hydrogen (secondary N) is 1. The standard InChI is InChI=1S/C12H12ClN3O5/c13-9-2-1-8(4-10(9)16(20)21)14-12(19)15-5-7(6-15)3-11(17)18/h1-2,4,7H,3,5-6H2,(H,14,19)(H,17,18). The van der Waals surface area contributed by atoms with Crippen molar-refractivity contribution in [1.29, 1.82) is 0 Å². The molecule has 0 saturated carbocycles. The highest BCUT2D eigenvalue weighted by Gasteiger charge is 2.32. The number of benzene rings is 1. The van der Waals surface area contributed by atoms with Crippen LogP contribution in [-0.2, 0) is 4.79 Å². The summed E-state index contributed by atoms with van der Waals surface area (Å²) in [7, 11) is 0. The average molecular weight is 314 g/mol. The number of nitro benzene ring substituents is 1. The molecule has 1 aliphatic rings. The fourth-order valence-electron chi connectivity index (χ4n) is 2.04. The molecule has 1 aromatic rings. The van der Waals surface area contributed by atoms with Crippen molar-refractivity contribution in [1.82, 2.24) is 4.90 Å². The van der Waals surface area contributed by atoms with Crippen LogP contribution in [0, 0.1) is 16.0 Å². The summed E-state index contributed by atoms with van der Waals surface area (Å²) in [6, 6.07) is 3.54. The predicted molar refractivity (Wildman–Crippen MR) is 74.4 cm³/mol. The van der Waals surface area contributed by atoms with Crippen molar-refractivity contribution < 1.29 is 19.6 Å². The number of anilines is 1. The molecule has 1 saturated heterocycles. The van der Waals surface area contributed by atoms with E-state index in [-0.39, 0.29) is 28.7 Å². The van der Waals surface area contributed by atoms with Gasteiger partial charge < -0.3 is 15.3 Å². The third-order valence-electron chi connectivity index (χ3n) is 3.10. The lowest BCUT2D eigenvalue weighted by atomic mass is 9.97. The second-order valence-corrected chi connectivity index (χ2v) is 5.13. The van der Waals surface area contributed by atoms with Crippen molar-refractivity contribution >= 4 is 35.0 Å². The molecule has 0 unspecified atom stereocenters. The Bertz CT molecular complexity index is 601. The van der Waals surface area contributed by atoms with Crippen molar-refractivity contribution in [3.8, 4) is 0 Å². The molecule has 9 heteroatoms. The molecule has 21 heavy (non-hydrogen) atoms. The van der Waals surface area contributed by atoms with Gasteiger partial charge in [-0.05, 0) is 12.1 Å². The van der Waals surface area contributed by atoms with Crippen LogP contribution < -0.4 is 5.32 Å². The summed E-state index contributed by atoms with van der Waals surface area (Å²) in [6.45, 7) is 0.710. The summed E-state index contributed by atoms with van der Waals surface area (Å²) in [5, 5.41) is 21.9. The summed E-state index contributed by atoms with van der Waals surface area (Å²) in [5.74, 6) is -0.943. The number of likely N-dealkylation sites (tertiary alicyclic amines) is 1. The van der Waals surface area contributed by atoms with Gasteiger partial charge >= 0.3 is 12.0 Å². The van der Waals surface area contributed by atoms with Crippen LogP contribution in [0.25, 0.3) is 0 Å². The van der Waals surface area contributed by atoms with Crippen LogP contribution in [0.15, 0.2) is 18.2 Å². The van der Waals surface area contributed by atoms with E-state index in [2.05, 4.69) is 5.32 Å². The largest absolute Gasteiger partial charge is 0.481 e. The Labute approximate surface area is 124 Å². The molecule has 8 nitrogen and oxygen atoms in total. The van der Waals surface area contributed by atoms with Crippen molar-refractivity contribution in [2.24, 2.45) is 5.92 Å². The van der Waals surface area contributed by atoms with E-state index in [1.807, 2.05) is 0 Å². The maximum absolute atomic E-state index is 11.9. The topological polar surface area (TPSA) is 113 Å². The molecule has 1 fully saturated rings. The molecule has 0 aromatic heterocycles. The molecule has 2 N–H and O–H groups in total. The minimum absolute atomic E-state index is 0.0107. The smallest absolute Gasteiger partial charge is 0.321 e. The summed E-state index contributed by atoms with van der Waals surface area (Å²) in [4.78, 5) is 33.9. The Balaban J connectivity index is 1.94. The summed E-state index contributed by atoms with van der Waals surface area (Å²) >= 11 is 5.68. The molecule has 1 aliphatic heterocycles. The number of aliphatic carboxylic acids is 1. The molecule has 2 amide bonds. The van der Waals surface area contributed by atoms with E-state index in [1.165, 1.54) is 23.1 Å². The van der Waals surface area contributed by atoms with E-state index in [0.717, 1.165) is 0 Å². The molecule has 0 spiro atoms. The van der Waals surface area contributed by atoms with Gasteiger partial charge in [0.1, 0.15) is 5.02 Å². The molecule has 112 valence electrons. The van der Waals surface area contributed by atoms with E-state index in [9.17, 15) is 19.7 Å². The summed E-state index contributed by atoms with van der Waals surface area (Å²) < 4.78 is 0. The highest BCUT2D eigenvalue weighted by Crippen LogP contribution is 2.28. The minimum atomic E-state index is -0.895. The van der Waals surface area contributed by atoms with E-state index in [4.69, 9.17) is 16.7 Å². The minimum Gasteiger partial charge on any atom is -0.481 e. The van der Waals surface area contributed by atoms with Crippen molar-refractivity contribution in [2.75, 3.05) is 18.4 Å². The molecular formula is C12H12ClN3O5. The number of nitrogens with zero attached hydrogens (tertiary/aromatic N) is 2. The Kier molecular flexibility index (Phi) is 4.27. The predicted octanol–water partition coefficient (Wildman–Crippen LogP) is 2.19. The zero-order valence-corrected chi connectivity index (χ0v) is 11.5.